The summed E-state index contributed by atoms with van der Waals surface area (Å²) in [6.45, 7) is 3.90. The molecule has 0 saturated heterocycles. The molecule has 7 heteroatoms. The molecule has 2 rings (SSSR count). The molecule has 1 aromatic carbocycles. The van der Waals surface area contributed by atoms with Gasteiger partial charge in [-0.05, 0) is 38.1 Å². The van der Waals surface area contributed by atoms with Crippen LogP contribution in [0.15, 0.2) is 29.4 Å². The third kappa shape index (κ3) is 3.36. The van der Waals surface area contributed by atoms with E-state index in [9.17, 15) is 9.18 Å². The van der Waals surface area contributed by atoms with E-state index in [4.69, 9.17) is 4.74 Å². The summed E-state index contributed by atoms with van der Waals surface area (Å²) < 4.78 is 19.6. The first-order chi connectivity index (χ1) is 9.61. The van der Waals surface area contributed by atoms with E-state index in [1.807, 2.05) is 0 Å². The molecular formula is C13H14FN3O2S. The maximum absolute atomic E-state index is 13.0. The minimum Gasteiger partial charge on any atom is -0.465 e. The number of rotatable bonds is 5. The minimum absolute atomic E-state index is 0.160. The summed E-state index contributed by atoms with van der Waals surface area (Å²) in [7, 11) is 0. The van der Waals surface area contributed by atoms with E-state index < -0.39 is 0 Å². The number of ether oxygens (including phenoxy) is 1. The molecule has 0 saturated carbocycles. The number of esters is 1. The second kappa shape index (κ2) is 6.51. The predicted molar refractivity (Wildman–Crippen MR) is 73.4 cm³/mol. The highest BCUT2D eigenvalue weighted by Crippen LogP contribution is 2.22. The van der Waals surface area contributed by atoms with Crippen LogP contribution in [0, 0.1) is 12.7 Å². The van der Waals surface area contributed by atoms with Gasteiger partial charge in [0.2, 0.25) is 0 Å². The van der Waals surface area contributed by atoms with Gasteiger partial charge >= 0.3 is 5.97 Å². The molecule has 0 atom stereocenters. The Morgan fingerprint density at radius 2 is 2.05 bits per heavy atom. The average Bonchev–Trinajstić information content (AvgIpc) is 2.79. The molecule has 0 amide bonds. The van der Waals surface area contributed by atoms with Gasteiger partial charge in [0, 0.05) is 5.69 Å². The van der Waals surface area contributed by atoms with Crippen LogP contribution in [0.2, 0.25) is 0 Å². The summed E-state index contributed by atoms with van der Waals surface area (Å²) in [6.07, 6.45) is 0. The van der Waals surface area contributed by atoms with E-state index in [1.54, 1.807) is 30.5 Å². The lowest BCUT2D eigenvalue weighted by atomic mass is 10.3. The second-order valence-corrected chi connectivity index (χ2v) is 4.88. The van der Waals surface area contributed by atoms with Crippen molar-refractivity contribution in [2.24, 2.45) is 0 Å². The fourth-order valence-electron chi connectivity index (χ4n) is 1.65. The highest BCUT2D eigenvalue weighted by Gasteiger charge is 2.13. The zero-order valence-electron chi connectivity index (χ0n) is 11.2. The highest BCUT2D eigenvalue weighted by molar-refractivity contribution is 7.99. The number of halogens is 1. The predicted octanol–water partition coefficient (Wildman–Crippen LogP) is 2.37. The Balaban J connectivity index is 2.19. The van der Waals surface area contributed by atoms with E-state index in [1.165, 1.54) is 23.9 Å². The van der Waals surface area contributed by atoms with Gasteiger partial charge < -0.3 is 4.74 Å². The lowest BCUT2D eigenvalue weighted by Crippen LogP contribution is -2.08. The summed E-state index contributed by atoms with van der Waals surface area (Å²) in [5, 5.41) is 8.58. The number of aryl methyl sites for hydroxylation is 1. The summed E-state index contributed by atoms with van der Waals surface area (Å²) in [5.74, 6) is 0.222. The van der Waals surface area contributed by atoms with Crippen LogP contribution in [-0.2, 0) is 9.53 Å². The summed E-state index contributed by atoms with van der Waals surface area (Å²) in [4.78, 5) is 11.4. The van der Waals surface area contributed by atoms with Crippen LogP contribution in [0.1, 0.15) is 12.7 Å². The van der Waals surface area contributed by atoms with Gasteiger partial charge in [-0.15, -0.1) is 10.2 Å². The van der Waals surface area contributed by atoms with Gasteiger partial charge in [0.25, 0.3) is 0 Å². The van der Waals surface area contributed by atoms with Crippen LogP contribution in [0.25, 0.3) is 5.69 Å². The topological polar surface area (TPSA) is 57.0 Å². The fourth-order valence-corrected chi connectivity index (χ4v) is 2.45. The van der Waals surface area contributed by atoms with Crippen LogP contribution < -0.4 is 0 Å². The van der Waals surface area contributed by atoms with Gasteiger partial charge in [-0.3, -0.25) is 9.36 Å². The van der Waals surface area contributed by atoms with Crippen molar-refractivity contribution in [3.05, 3.63) is 35.9 Å². The minimum atomic E-state index is -0.305. The van der Waals surface area contributed by atoms with Crippen molar-refractivity contribution in [3.63, 3.8) is 0 Å². The number of carbonyl (C=O) groups is 1. The number of thioether (sulfide) groups is 1. The van der Waals surface area contributed by atoms with Crippen molar-refractivity contribution in [3.8, 4) is 5.69 Å². The van der Waals surface area contributed by atoms with E-state index in [0.717, 1.165) is 5.69 Å². The maximum Gasteiger partial charge on any atom is 0.316 e. The van der Waals surface area contributed by atoms with Crippen molar-refractivity contribution in [2.75, 3.05) is 12.4 Å². The molecule has 5 nitrogen and oxygen atoms in total. The van der Waals surface area contributed by atoms with Gasteiger partial charge in [0.1, 0.15) is 11.6 Å². The average molecular weight is 295 g/mol. The molecule has 0 N–H and O–H groups in total. The summed E-state index contributed by atoms with van der Waals surface area (Å²) in [6, 6.07) is 6.02. The van der Waals surface area contributed by atoms with Gasteiger partial charge in [-0.25, -0.2) is 4.39 Å². The molecule has 1 aromatic heterocycles. The molecule has 0 spiro atoms. The maximum atomic E-state index is 13.0. The molecule has 106 valence electrons. The van der Waals surface area contributed by atoms with Crippen molar-refractivity contribution < 1.29 is 13.9 Å². The number of hydrogen-bond donors (Lipinski definition) is 0. The molecule has 0 radical (unpaired) electrons. The van der Waals surface area contributed by atoms with Crippen molar-refractivity contribution >= 4 is 17.7 Å². The SMILES string of the molecule is CCOC(=O)CSc1nnc(C)n1-c1ccc(F)cc1. The Morgan fingerprint density at radius 3 is 2.70 bits per heavy atom. The van der Waals surface area contributed by atoms with Crippen LogP contribution >= 0.6 is 11.8 Å². The zero-order valence-corrected chi connectivity index (χ0v) is 12.0. The standard InChI is InChI=1S/C13H14FN3O2S/c1-3-19-12(18)8-20-13-16-15-9(2)17(13)11-6-4-10(14)5-7-11/h4-7H,3,8H2,1-2H3. The first-order valence-electron chi connectivity index (χ1n) is 6.08. The van der Waals surface area contributed by atoms with E-state index >= 15 is 0 Å². The molecule has 0 unspecified atom stereocenters. The molecule has 2 aromatic rings. The van der Waals surface area contributed by atoms with Gasteiger partial charge in [0.05, 0.1) is 12.4 Å². The lowest BCUT2D eigenvalue weighted by molar-refractivity contribution is -0.139. The third-order valence-electron chi connectivity index (χ3n) is 2.50. The van der Waals surface area contributed by atoms with Crippen molar-refractivity contribution in [1.29, 1.82) is 0 Å². The highest BCUT2D eigenvalue weighted by atomic mass is 32.2. The molecule has 1 heterocycles. The van der Waals surface area contributed by atoms with Crippen molar-refractivity contribution in [1.82, 2.24) is 14.8 Å². The van der Waals surface area contributed by atoms with Crippen LogP contribution in [0.3, 0.4) is 0 Å². The molecule has 0 bridgehead atoms. The Morgan fingerprint density at radius 1 is 1.35 bits per heavy atom. The fraction of sp³-hybridized carbons (Fsp3) is 0.308. The first-order valence-corrected chi connectivity index (χ1v) is 7.06. The Bertz CT molecular complexity index is 598. The Labute approximate surface area is 120 Å². The first kappa shape index (κ1) is 14.5. The molecule has 20 heavy (non-hydrogen) atoms. The number of carbonyl (C=O) groups excluding carboxylic acids is 1. The molecule has 0 aliphatic heterocycles. The molecule has 0 aliphatic rings. The van der Waals surface area contributed by atoms with Crippen LogP contribution in [-0.4, -0.2) is 33.1 Å². The van der Waals surface area contributed by atoms with E-state index in [0.29, 0.717) is 17.6 Å². The van der Waals surface area contributed by atoms with Crippen LogP contribution in [0.5, 0.6) is 0 Å². The quantitative estimate of drug-likeness (QED) is 0.626. The second-order valence-electron chi connectivity index (χ2n) is 3.94. The van der Waals surface area contributed by atoms with Crippen molar-refractivity contribution in [2.45, 2.75) is 19.0 Å². The molecular weight excluding hydrogens is 281 g/mol. The number of benzene rings is 1. The number of hydrogen-bond acceptors (Lipinski definition) is 5. The summed E-state index contributed by atoms with van der Waals surface area (Å²) in [5.41, 5.74) is 0.750. The molecule has 0 fully saturated rings. The van der Waals surface area contributed by atoms with Gasteiger partial charge in [-0.1, -0.05) is 11.8 Å². The molecule has 0 aliphatic carbocycles. The van der Waals surface area contributed by atoms with E-state index in [2.05, 4.69) is 10.2 Å². The lowest BCUT2D eigenvalue weighted by Gasteiger charge is -2.08. The monoisotopic (exact) mass is 295 g/mol. The number of nitrogens with zero attached hydrogens (tertiary/aromatic N) is 3. The zero-order chi connectivity index (χ0) is 14.5. The summed E-state index contributed by atoms with van der Waals surface area (Å²) >= 11 is 1.24. The Kier molecular flexibility index (Phi) is 4.73. The normalized spacial score (nSPS) is 10.6. The van der Waals surface area contributed by atoms with Gasteiger partial charge in [0.15, 0.2) is 5.16 Å². The van der Waals surface area contributed by atoms with Gasteiger partial charge in [-0.2, -0.15) is 0 Å². The number of aromatic nitrogens is 3. The largest absolute Gasteiger partial charge is 0.465 e. The smallest absolute Gasteiger partial charge is 0.316 e. The van der Waals surface area contributed by atoms with Crippen LogP contribution in [0.4, 0.5) is 4.39 Å². The van der Waals surface area contributed by atoms with E-state index in [-0.39, 0.29) is 17.5 Å². The third-order valence-corrected chi connectivity index (χ3v) is 3.41. The Hall–Kier alpha value is -1.89.